The predicted octanol–water partition coefficient (Wildman–Crippen LogP) is 5.03. The lowest BCUT2D eigenvalue weighted by Crippen LogP contribution is -2.11. The van der Waals surface area contributed by atoms with E-state index in [-0.39, 0.29) is 18.7 Å². The first-order valence-corrected chi connectivity index (χ1v) is 9.78. The molecule has 5 nitrogen and oxygen atoms in total. The van der Waals surface area contributed by atoms with Gasteiger partial charge in [-0.05, 0) is 74.6 Å². The molecule has 0 unspecified atom stereocenters. The van der Waals surface area contributed by atoms with Crippen LogP contribution in [0.25, 0.3) is 6.08 Å². The first kappa shape index (κ1) is 18.4. The molecule has 5 heteroatoms. The lowest BCUT2D eigenvalue weighted by molar-refractivity contribution is 0.104. The molecule has 0 radical (unpaired) electrons. The van der Waals surface area contributed by atoms with E-state index in [4.69, 9.17) is 18.9 Å². The van der Waals surface area contributed by atoms with E-state index in [1.165, 1.54) is 12.8 Å². The van der Waals surface area contributed by atoms with Crippen LogP contribution in [0.3, 0.4) is 0 Å². The topological polar surface area (TPSA) is 54.0 Å². The third-order valence-electron chi connectivity index (χ3n) is 4.95. The Morgan fingerprint density at radius 3 is 2.71 bits per heavy atom. The zero-order valence-corrected chi connectivity index (χ0v) is 16.0. The van der Waals surface area contributed by atoms with Crippen molar-refractivity contribution in [2.24, 2.45) is 0 Å². The maximum atomic E-state index is 12.5. The molecule has 0 aromatic heterocycles. The van der Waals surface area contributed by atoms with Crippen molar-refractivity contribution in [1.82, 2.24) is 0 Å². The fraction of sp³-hybridized carbons (Fsp3) is 0.348. The quantitative estimate of drug-likeness (QED) is 0.498. The highest BCUT2D eigenvalue weighted by Gasteiger charge is 2.19. The second-order valence-electron chi connectivity index (χ2n) is 6.93. The molecule has 1 aliphatic heterocycles. The van der Waals surface area contributed by atoms with Crippen molar-refractivity contribution in [2.45, 2.75) is 38.7 Å². The summed E-state index contributed by atoms with van der Waals surface area (Å²) >= 11 is 0. The van der Waals surface area contributed by atoms with E-state index in [0.29, 0.717) is 29.4 Å². The Bertz CT molecular complexity index is 881. The van der Waals surface area contributed by atoms with Crippen molar-refractivity contribution in [3.63, 3.8) is 0 Å². The van der Waals surface area contributed by atoms with Crippen LogP contribution in [0.2, 0.25) is 0 Å². The molecular formula is C23H24O5. The number of hydrogen-bond donors (Lipinski definition) is 0. The fourth-order valence-electron chi connectivity index (χ4n) is 3.50. The summed E-state index contributed by atoms with van der Waals surface area (Å²) in [6, 6.07) is 11.0. The van der Waals surface area contributed by atoms with Gasteiger partial charge in [0.15, 0.2) is 28.8 Å². The minimum Gasteiger partial charge on any atom is -0.490 e. The minimum atomic E-state index is -0.0949. The van der Waals surface area contributed by atoms with Crippen molar-refractivity contribution in [3.05, 3.63) is 53.6 Å². The van der Waals surface area contributed by atoms with Gasteiger partial charge < -0.3 is 18.9 Å². The van der Waals surface area contributed by atoms with Gasteiger partial charge in [0.1, 0.15) is 0 Å². The number of hydrogen-bond acceptors (Lipinski definition) is 5. The molecule has 4 rings (SSSR count). The van der Waals surface area contributed by atoms with Crippen LogP contribution in [0.15, 0.2) is 42.5 Å². The summed E-state index contributed by atoms with van der Waals surface area (Å²) in [5.74, 6) is 2.66. The summed E-state index contributed by atoms with van der Waals surface area (Å²) in [4.78, 5) is 12.5. The van der Waals surface area contributed by atoms with Gasteiger partial charge in [-0.3, -0.25) is 4.79 Å². The van der Waals surface area contributed by atoms with Gasteiger partial charge in [-0.25, -0.2) is 0 Å². The first-order valence-electron chi connectivity index (χ1n) is 9.78. The Balaban J connectivity index is 1.48. The van der Waals surface area contributed by atoms with Crippen LogP contribution in [0, 0.1) is 0 Å². The number of allylic oxidation sites excluding steroid dienone is 1. The summed E-state index contributed by atoms with van der Waals surface area (Å²) in [5, 5.41) is 0. The van der Waals surface area contributed by atoms with Gasteiger partial charge in [-0.15, -0.1) is 0 Å². The van der Waals surface area contributed by atoms with Crippen molar-refractivity contribution in [3.8, 4) is 23.0 Å². The average Bonchev–Trinajstić information content (AvgIpc) is 3.39. The van der Waals surface area contributed by atoms with E-state index >= 15 is 0 Å². The summed E-state index contributed by atoms with van der Waals surface area (Å²) in [6.07, 6.45) is 8.24. The number of carbonyl (C=O) groups is 1. The third-order valence-corrected chi connectivity index (χ3v) is 4.95. The molecule has 0 spiro atoms. The van der Waals surface area contributed by atoms with Gasteiger partial charge in [0.05, 0.1) is 12.7 Å². The van der Waals surface area contributed by atoms with Crippen LogP contribution < -0.4 is 18.9 Å². The van der Waals surface area contributed by atoms with E-state index in [1.54, 1.807) is 30.4 Å². The zero-order chi connectivity index (χ0) is 19.3. The Hall–Kier alpha value is -2.95. The maximum absolute atomic E-state index is 12.5. The summed E-state index contributed by atoms with van der Waals surface area (Å²) in [6.45, 7) is 2.70. The highest BCUT2D eigenvalue weighted by molar-refractivity contribution is 6.07. The van der Waals surface area contributed by atoms with E-state index in [9.17, 15) is 4.79 Å². The molecular weight excluding hydrogens is 356 g/mol. The van der Waals surface area contributed by atoms with Crippen LogP contribution in [-0.2, 0) is 0 Å². The monoisotopic (exact) mass is 380 g/mol. The number of benzene rings is 2. The largest absolute Gasteiger partial charge is 0.490 e. The predicted molar refractivity (Wildman–Crippen MR) is 106 cm³/mol. The summed E-state index contributed by atoms with van der Waals surface area (Å²) in [7, 11) is 0. The smallest absolute Gasteiger partial charge is 0.231 e. The van der Waals surface area contributed by atoms with Gasteiger partial charge >= 0.3 is 0 Å². The second-order valence-corrected chi connectivity index (χ2v) is 6.93. The Labute approximate surface area is 164 Å². The standard InChI is InChI=1S/C23H24O5/c1-2-25-22-13-16(8-11-21(22)28-18-5-3-4-6-18)7-10-19(24)17-9-12-20-23(14-17)27-15-26-20/h7-14,18H,2-6,15H2,1H3/b10-7+. The molecule has 2 aromatic carbocycles. The fourth-order valence-corrected chi connectivity index (χ4v) is 3.50. The van der Waals surface area contributed by atoms with Gasteiger partial charge in [-0.2, -0.15) is 0 Å². The average molecular weight is 380 g/mol. The molecule has 2 aromatic rings. The molecule has 2 aliphatic rings. The molecule has 28 heavy (non-hydrogen) atoms. The molecule has 1 saturated carbocycles. The number of ether oxygens (including phenoxy) is 4. The van der Waals surface area contributed by atoms with Crippen molar-refractivity contribution >= 4 is 11.9 Å². The number of rotatable bonds is 7. The Morgan fingerprint density at radius 2 is 1.89 bits per heavy atom. The van der Waals surface area contributed by atoms with E-state index < -0.39 is 0 Å². The molecule has 0 amide bonds. The van der Waals surface area contributed by atoms with E-state index in [2.05, 4.69) is 0 Å². The van der Waals surface area contributed by atoms with Crippen molar-refractivity contribution in [1.29, 1.82) is 0 Å². The summed E-state index contributed by atoms with van der Waals surface area (Å²) in [5.41, 5.74) is 1.45. The van der Waals surface area contributed by atoms with Crippen molar-refractivity contribution < 1.29 is 23.7 Å². The number of carbonyl (C=O) groups excluding carboxylic acids is 1. The number of fused-ring (bicyclic) bond motifs is 1. The molecule has 146 valence electrons. The minimum absolute atomic E-state index is 0.0949. The van der Waals surface area contributed by atoms with Crippen LogP contribution in [-0.4, -0.2) is 25.3 Å². The Kier molecular flexibility index (Phi) is 5.51. The van der Waals surface area contributed by atoms with Crippen LogP contribution >= 0.6 is 0 Å². The van der Waals surface area contributed by atoms with Gasteiger partial charge in [0.25, 0.3) is 0 Å². The Morgan fingerprint density at radius 1 is 1.07 bits per heavy atom. The van der Waals surface area contributed by atoms with Gasteiger partial charge in [-0.1, -0.05) is 12.1 Å². The van der Waals surface area contributed by atoms with Gasteiger partial charge in [0, 0.05) is 5.56 Å². The van der Waals surface area contributed by atoms with Crippen LogP contribution in [0.4, 0.5) is 0 Å². The lowest BCUT2D eigenvalue weighted by atomic mass is 10.1. The second kappa shape index (κ2) is 8.38. The van der Waals surface area contributed by atoms with Crippen LogP contribution in [0.5, 0.6) is 23.0 Å². The molecule has 1 aliphatic carbocycles. The lowest BCUT2D eigenvalue weighted by Gasteiger charge is -2.17. The normalized spacial score (nSPS) is 15.9. The van der Waals surface area contributed by atoms with E-state index in [0.717, 1.165) is 24.2 Å². The molecule has 0 N–H and O–H groups in total. The SMILES string of the molecule is CCOc1cc(/C=C/C(=O)c2ccc3c(c2)OCO3)ccc1OC1CCCC1. The summed E-state index contributed by atoms with van der Waals surface area (Å²) < 4.78 is 22.5. The molecule has 0 saturated heterocycles. The highest BCUT2D eigenvalue weighted by atomic mass is 16.7. The van der Waals surface area contributed by atoms with Gasteiger partial charge in [0.2, 0.25) is 6.79 Å². The number of ketones is 1. The molecule has 0 bridgehead atoms. The zero-order valence-electron chi connectivity index (χ0n) is 16.0. The molecule has 0 atom stereocenters. The molecule has 1 heterocycles. The third kappa shape index (κ3) is 4.14. The first-order chi connectivity index (χ1) is 13.7. The highest BCUT2D eigenvalue weighted by Crippen LogP contribution is 2.34. The van der Waals surface area contributed by atoms with E-state index in [1.807, 2.05) is 25.1 Å². The van der Waals surface area contributed by atoms with Crippen molar-refractivity contribution in [2.75, 3.05) is 13.4 Å². The van der Waals surface area contributed by atoms with Crippen LogP contribution in [0.1, 0.15) is 48.5 Å². The maximum Gasteiger partial charge on any atom is 0.231 e. The molecule has 1 fully saturated rings.